The Hall–Kier alpha value is -1.84. The smallest absolute Gasteiger partial charge is 0.252 e. The van der Waals surface area contributed by atoms with Crippen LogP contribution < -0.4 is 5.32 Å². The third kappa shape index (κ3) is 3.97. The summed E-state index contributed by atoms with van der Waals surface area (Å²) in [6, 6.07) is 15.8. The van der Waals surface area contributed by atoms with Gasteiger partial charge >= 0.3 is 0 Å². The Balaban J connectivity index is 2.02. The number of likely N-dealkylation sites (tertiary alicyclic amines) is 1. The molecule has 0 aliphatic carbocycles. The molecule has 3 nitrogen and oxygen atoms in total. The van der Waals surface area contributed by atoms with Gasteiger partial charge in [-0.15, -0.1) is 0 Å². The van der Waals surface area contributed by atoms with Crippen molar-refractivity contribution in [3.05, 3.63) is 70.2 Å². The number of hydrogen-bond acceptors (Lipinski definition) is 2. The number of rotatable bonds is 7. The first-order chi connectivity index (χ1) is 13.5. The van der Waals surface area contributed by atoms with Crippen molar-refractivity contribution in [1.82, 2.24) is 10.2 Å². The van der Waals surface area contributed by atoms with Gasteiger partial charge in [0.2, 0.25) is 0 Å². The van der Waals surface area contributed by atoms with Crippen LogP contribution in [0.3, 0.4) is 0 Å². The second-order valence-corrected chi connectivity index (χ2v) is 8.14. The Bertz CT molecular complexity index is 796. The van der Waals surface area contributed by atoms with Gasteiger partial charge in [-0.25, -0.2) is 0 Å². The molecule has 1 heterocycles. The molecule has 1 saturated heterocycles. The van der Waals surface area contributed by atoms with Crippen molar-refractivity contribution in [2.24, 2.45) is 0 Å². The lowest BCUT2D eigenvalue weighted by atomic mass is 9.79. The highest BCUT2D eigenvalue weighted by Gasteiger charge is 2.43. The lowest BCUT2D eigenvalue weighted by molar-refractivity contribution is 0.0545. The van der Waals surface area contributed by atoms with E-state index in [4.69, 9.17) is 11.6 Å². The Morgan fingerprint density at radius 3 is 2.32 bits per heavy atom. The van der Waals surface area contributed by atoms with Crippen LogP contribution in [0.5, 0.6) is 0 Å². The van der Waals surface area contributed by atoms with Gasteiger partial charge in [0.05, 0.1) is 6.04 Å². The van der Waals surface area contributed by atoms with Crippen molar-refractivity contribution in [2.45, 2.75) is 58.0 Å². The van der Waals surface area contributed by atoms with Crippen LogP contribution >= 0.6 is 11.6 Å². The molecule has 0 spiro atoms. The van der Waals surface area contributed by atoms with Gasteiger partial charge in [-0.3, -0.25) is 9.69 Å². The summed E-state index contributed by atoms with van der Waals surface area (Å²) in [6.07, 6.45) is 4.42. The van der Waals surface area contributed by atoms with E-state index in [-0.39, 0.29) is 17.5 Å². The van der Waals surface area contributed by atoms with Gasteiger partial charge < -0.3 is 5.32 Å². The van der Waals surface area contributed by atoms with Crippen LogP contribution in [0.4, 0.5) is 0 Å². The molecule has 1 N–H and O–H groups in total. The number of nitrogens with one attached hydrogen (secondary N) is 1. The number of nitrogens with zero attached hydrogens (tertiary/aromatic N) is 1. The van der Waals surface area contributed by atoms with Gasteiger partial charge in [-0.05, 0) is 69.0 Å². The maximum Gasteiger partial charge on any atom is 0.252 e. The molecule has 1 aliphatic heterocycles. The van der Waals surface area contributed by atoms with Crippen molar-refractivity contribution in [1.29, 1.82) is 0 Å². The highest BCUT2D eigenvalue weighted by Crippen LogP contribution is 2.39. The predicted molar refractivity (Wildman–Crippen MR) is 117 cm³/mol. The van der Waals surface area contributed by atoms with E-state index in [1.165, 1.54) is 12.8 Å². The maximum atomic E-state index is 13.3. The Labute approximate surface area is 174 Å². The van der Waals surface area contributed by atoms with E-state index in [0.29, 0.717) is 10.6 Å². The zero-order valence-corrected chi connectivity index (χ0v) is 17.9. The molecule has 3 rings (SSSR count). The molecule has 0 saturated carbocycles. The molecule has 150 valence electrons. The van der Waals surface area contributed by atoms with E-state index >= 15 is 0 Å². The van der Waals surface area contributed by atoms with Gasteiger partial charge in [-0.2, -0.15) is 0 Å². The van der Waals surface area contributed by atoms with Crippen molar-refractivity contribution in [3.63, 3.8) is 0 Å². The van der Waals surface area contributed by atoms with E-state index < -0.39 is 0 Å². The fourth-order valence-corrected chi connectivity index (χ4v) is 4.86. The number of amides is 1. The van der Waals surface area contributed by atoms with Crippen LogP contribution in [0.25, 0.3) is 0 Å². The minimum atomic E-state index is -0.0972. The molecule has 2 aromatic carbocycles. The number of hydrogen-bond donors (Lipinski definition) is 1. The summed E-state index contributed by atoms with van der Waals surface area (Å²) in [6.45, 7) is 8.58. The van der Waals surface area contributed by atoms with Crippen LogP contribution in [-0.4, -0.2) is 29.4 Å². The van der Waals surface area contributed by atoms with Crippen LogP contribution in [-0.2, 0) is 0 Å². The van der Waals surface area contributed by atoms with Gasteiger partial charge in [0.1, 0.15) is 0 Å². The Morgan fingerprint density at radius 2 is 1.71 bits per heavy atom. The van der Waals surface area contributed by atoms with Gasteiger partial charge in [0.25, 0.3) is 5.91 Å². The number of halogens is 1. The molecule has 1 amide bonds. The second kappa shape index (κ2) is 9.11. The first-order valence-corrected chi connectivity index (χ1v) is 10.8. The third-order valence-corrected chi connectivity index (χ3v) is 6.83. The van der Waals surface area contributed by atoms with E-state index in [9.17, 15) is 4.79 Å². The highest BCUT2D eigenvalue weighted by molar-refractivity contribution is 6.31. The molecular weight excluding hydrogens is 368 g/mol. The van der Waals surface area contributed by atoms with E-state index in [1.54, 1.807) is 0 Å². The lowest BCUT2D eigenvalue weighted by Crippen LogP contribution is -2.56. The molecule has 1 fully saturated rings. The topological polar surface area (TPSA) is 32.3 Å². The molecule has 0 bridgehead atoms. The van der Waals surface area contributed by atoms with Crippen LogP contribution in [0.15, 0.2) is 48.5 Å². The van der Waals surface area contributed by atoms with Crippen molar-refractivity contribution in [3.8, 4) is 0 Å². The van der Waals surface area contributed by atoms with E-state index in [2.05, 4.69) is 48.3 Å². The zero-order chi connectivity index (χ0) is 20.1. The van der Waals surface area contributed by atoms with Crippen LogP contribution in [0, 0.1) is 6.92 Å². The van der Waals surface area contributed by atoms with Crippen molar-refractivity contribution in [2.75, 3.05) is 13.1 Å². The summed E-state index contributed by atoms with van der Waals surface area (Å²) in [5.74, 6) is -0.0562. The fraction of sp³-hybridized carbons (Fsp3) is 0.458. The maximum absolute atomic E-state index is 13.3. The first kappa shape index (κ1) is 20.9. The monoisotopic (exact) mass is 398 g/mol. The van der Waals surface area contributed by atoms with Gasteiger partial charge in [0.15, 0.2) is 0 Å². The van der Waals surface area contributed by atoms with E-state index in [1.807, 2.05) is 31.2 Å². The summed E-state index contributed by atoms with van der Waals surface area (Å²) < 4.78 is 0. The summed E-state index contributed by atoms with van der Waals surface area (Å²) in [5, 5.41) is 4.02. The van der Waals surface area contributed by atoms with Gasteiger partial charge in [-0.1, -0.05) is 61.8 Å². The molecule has 2 aromatic rings. The molecule has 4 heteroatoms. The lowest BCUT2D eigenvalue weighted by Gasteiger charge is -2.47. The summed E-state index contributed by atoms with van der Waals surface area (Å²) in [4.78, 5) is 15.9. The first-order valence-electron chi connectivity index (χ1n) is 10.4. The SMILES string of the molecule is CCC(CC)(C(NC(=O)c1cccc(Cl)c1C)c1ccccc1)N1CCCC1. The minimum Gasteiger partial charge on any atom is -0.343 e. The molecule has 28 heavy (non-hydrogen) atoms. The number of benzene rings is 2. The molecule has 1 unspecified atom stereocenters. The largest absolute Gasteiger partial charge is 0.343 e. The Kier molecular flexibility index (Phi) is 6.79. The quantitative estimate of drug-likeness (QED) is 0.641. The normalized spacial score (nSPS) is 16.1. The van der Waals surface area contributed by atoms with E-state index in [0.717, 1.165) is 37.1 Å². The standard InChI is InChI=1S/C24H31ClN2O/c1-4-24(5-2,27-16-9-10-17-27)22(19-12-7-6-8-13-19)26-23(28)20-14-11-15-21(25)18(20)3/h6-8,11-15,22H,4-5,9-10,16-17H2,1-3H3,(H,26,28). The average molecular weight is 399 g/mol. The van der Waals surface area contributed by atoms with Crippen molar-refractivity contribution >= 4 is 17.5 Å². The molecular formula is C24H31ClN2O. The third-order valence-electron chi connectivity index (χ3n) is 6.42. The number of carbonyl (C=O) groups excluding carboxylic acids is 1. The Morgan fingerprint density at radius 1 is 1.07 bits per heavy atom. The number of carbonyl (C=O) groups is 1. The van der Waals surface area contributed by atoms with Crippen molar-refractivity contribution < 1.29 is 4.79 Å². The fourth-order valence-electron chi connectivity index (χ4n) is 4.69. The zero-order valence-electron chi connectivity index (χ0n) is 17.2. The van der Waals surface area contributed by atoms with Crippen LogP contribution in [0.1, 0.15) is 67.1 Å². The summed E-state index contributed by atoms with van der Waals surface area (Å²) in [5.41, 5.74) is 2.54. The highest BCUT2D eigenvalue weighted by atomic mass is 35.5. The predicted octanol–water partition coefficient (Wildman–Crippen LogP) is 5.77. The minimum absolute atomic E-state index is 0.0562. The summed E-state index contributed by atoms with van der Waals surface area (Å²) >= 11 is 6.27. The molecule has 1 atom stereocenters. The molecule has 0 aromatic heterocycles. The summed E-state index contributed by atoms with van der Waals surface area (Å²) in [7, 11) is 0. The molecule has 1 aliphatic rings. The van der Waals surface area contributed by atoms with Gasteiger partial charge in [0, 0.05) is 16.1 Å². The molecule has 0 radical (unpaired) electrons. The average Bonchev–Trinajstić information content (AvgIpc) is 3.26. The van der Waals surface area contributed by atoms with Crippen LogP contribution in [0.2, 0.25) is 5.02 Å². The second-order valence-electron chi connectivity index (χ2n) is 7.73.